The fourth-order valence-electron chi connectivity index (χ4n) is 2.97. The fraction of sp³-hybridized carbons (Fsp3) is 0.118. The van der Waals surface area contributed by atoms with Gasteiger partial charge in [0.05, 0.1) is 11.2 Å². The van der Waals surface area contributed by atoms with Crippen molar-refractivity contribution in [2.45, 2.75) is 12.8 Å². The number of aromatic nitrogens is 1. The van der Waals surface area contributed by atoms with E-state index < -0.39 is 0 Å². The first-order valence-corrected chi connectivity index (χ1v) is 6.96. The molecule has 1 N–H and O–H groups in total. The molecule has 0 radical (unpaired) electrons. The molecule has 0 spiro atoms. The minimum Gasteiger partial charge on any atom is -0.493 e. The Morgan fingerprint density at radius 2 is 1.71 bits per heavy atom. The van der Waals surface area contributed by atoms with Crippen LogP contribution in [0.5, 0.6) is 5.88 Å². The van der Waals surface area contributed by atoms with E-state index in [1.807, 2.05) is 48.5 Å². The van der Waals surface area contributed by atoms with Crippen molar-refractivity contribution in [2.24, 2.45) is 0 Å². The van der Waals surface area contributed by atoms with E-state index in [0.29, 0.717) is 6.42 Å². The summed E-state index contributed by atoms with van der Waals surface area (Å²) in [6, 6.07) is 17.1. The number of aryl methyl sites for hydroxylation is 1. The van der Waals surface area contributed by atoms with Crippen molar-refractivity contribution in [3.8, 4) is 5.88 Å². The highest BCUT2D eigenvalue weighted by Crippen LogP contribution is 2.33. The van der Waals surface area contributed by atoms with Crippen molar-refractivity contribution in [1.29, 1.82) is 0 Å². The predicted molar refractivity (Wildman–Crippen MR) is 81.2 cm³/mol. The molecule has 1 aliphatic rings. The quantitative estimate of drug-likeness (QED) is 0.743. The molecule has 2 aromatic carbocycles. The summed E-state index contributed by atoms with van der Waals surface area (Å²) in [6.07, 6.45) is 1.19. The first-order valence-electron chi connectivity index (χ1n) is 6.96. The second-order valence-corrected chi connectivity index (χ2v) is 5.21. The van der Waals surface area contributed by atoms with E-state index in [1.165, 1.54) is 0 Å². The van der Waals surface area contributed by atoms with Gasteiger partial charge in [-0.25, -0.2) is 9.69 Å². The van der Waals surface area contributed by atoms with Gasteiger partial charge in [-0.15, -0.1) is 0 Å². The molecule has 1 amide bonds. The lowest BCUT2D eigenvalue weighted by Crippen LogP contribution is -2.39. The summed E-state index contributed by atoms with van der Waals surface area (Å²) in [5, 5.41) is 12.8. The number of carbonyl (C=O) groups excluding carboxylic acids is 1. The lowest BCUT2D eigenvalue weighted by atomic mass is 10.0. The summed E-state index contributed by atoms with van der Waals surface area (Å²) in [5.41, 5.74) is 2.78. The summed E-state index contributed by atoms with van der Waals surface area (Å²) in [5.74, 6) is 0.0617. The number of benzene rings is 2. The molecule has 0 bridgehead atoms. The van der Waals surface area contributed by atoms with Gasteiger partial charge in [0, 0.05) is 17.9 Å². The van der Waals surface area contributed by atoms with E-state index in [0.717, 1.165) is 28.6 Å². The monoisotopic (exact) mass is 278 g/mol. The number of para-hydroxylation sites is 2. The Morgan fingerprint density at radius 3 is 2.62 bits per heavy atom. The van der Waals surface area contributed by atoms with E-state index in [4.69, 9.17) is 0 Å². The van der Waals surface area contributed by atoms with E-state index in [-0.39, 0.29) is 11.8 Å². The molecule has 0 unspecified atom stereocenters. The van der Waals surface area contributed by atoms with E-state index in [2.05, 4.69) is 0 Å². The number of aromatic hydroxyl groups is 1. The summed E-state index contributed by atoms with van der Waals surface area (Å²) in [6.45, 7) is 0. The van der Waals surface area contributed by atoms with Crippen LogP contribution < -0.4 is 5.01 Å². The molecule has 3 aromatic rings. The molecule has 2 heterocycles. The van der Waals surface area contributed by atoms with Crippen LogP contribution in [-0.4, -0.2) is 15.7 Å². The molecule has 1 aromatic heterocycles. The minimum atomic E-state index is -0.00893. The normalized spacial score (nSPS) is 14.5. The Kier molecular flexibility index (Phi) is 2.51. The molecule has 0 saturated carbocycles. The van der Waals surface area contributed by atoms with Crippen molar-refractivity contribution in [3.63, 3.8) is 0 Å². The van der Waals surface area contributed by atoms with E-state index >= 15 is 0 Å². The summed E-state index contributed by atoms with van der Waals surface area (Å²) in [4.78, 5) is 12.4. The van der Waals surface area contributed by atoms with Gasteiger partial charge < -0.3 is 5.11 Å². The maximum absolute atomic E-state index is 12.4. The standard InChI is InChI=1S/C17H14N2O2/c20-16-10-9-12-5-1-3-7-14(12)18(16)19-15-8-4-2-6-13(15)11-17(19)21/h1-8,11,21H,9-10H2. The zero-order chi connectivity index (χ0) is 14.4. The SMILES string of the molecule is O=C1CCc2ccccc2N1n1c(O)cc2ccccc21. The molecule has 0 saturated heterocycles. The zero-order valence-corrected chi connectivity index (χ0v) is 11.4. The molecular formula is C17H14N2O2. The maximum Gasteiger partial charge on any atom is 0.246 e. The summed E-state index contributed by atoms with van der Waals surface area (Å²) >= 11 is 0. The van der Waals surface area contributed by atoms with Gasteiger partial charge in [0.1, 0.15) is 0 Å². The Hall–Kier alpha value is -2.75. The Labute approximate surface area is 121 Å². The third-order valence-corrected chi connectivity index (χ3v) is 3.93. The lowest BCUT2D eigenvalue weighted by molar-refractivity contribution is -0.119. The van der Waals surface area contributed by atoms with Crippen LogP contribution in [0.15, 0.2) is 54.6 Å². The molecule has 0 fully saturated rings. The molecule has 0 atom stereocenters. The number of carbonyl (C=O) groups is 1. The van der Waals surface area contributed by atoms with Crippen LogP contribution in [0.3, 0.4) is 0 Å². The maximum atomic E-state index is 12.4. The zero-order valence-electron chi connectivity index (χ0n) is 11.4. The largest absolute Gasteiger partial charge is 0.493 e. The van der Waals surface area contributed by atoms with Crippen LogP contribution in [0.4, 0.5) is 5.69 Å². The van der Waals surface area contributed by atoms with Gasteiger partial charge in [-0.2, -0.15) is 0 Å². The molecule has 1 aliphatic heterocycles. The predicted octanol–water partition coefficient (Wildman–Crippen LogP) is 3.09. The highest BCUT2D eigenvalue weighted by atomic mass is 16.3. The number of amides is 1. The van der Waals surface area contributed by atoms with E-state index in [9.17, 15) is 9.90 Å². The molecule has 4 nitrogen and oxygen atoms in total. The first kappa shape index (κ1) is 12.0. The lowest BCUT2D eigenvalue weighted by Gasteiger charge is -2.30. The van der Waals surface area contributed by atoms with Gasteiger partial charge in [-0.1, -0.05) is 36.4 Å². The smallest absolute Gasteiger partial charge is 0.246 e. The third kappa shape index (κ3) is 1.72. The second-order valence-electron chi connectivity index (χ2n) is 5.21. The van der Waals surface area contributed by atoms with Crippen molar-refractivity contribution < 1.29 is 9.90 Å². The fourth-order valence-corrected chi connectivity index (χ4v) is 2.97. The van der Waals surface area contributed by atoms with Crippen molar-refractivity contribution in [3.05, 3.63) is 60.2 Å². The van der Waals surface area contributed by atoms with Crippen LogP contribution in [0.2, 0.25) is 0 Å². The van der Waals surface area contributed by atoms with Crippen molar-refractivity contribution in [2.75, 3.05) is 5.01 Å². The van der Waals surface area contributed by atoms with Gasteiger partial charge in [0.15, 0.2) is 0 Å². The number of hydrogen-bond acceptors (Lipinski definition) is 2. The summed E-state index contributed by atoms with van der Waals surface area (Å²) in [7, 11) is 0. The molecule has 0 aliphatic carbocycles. The number of rotatable bonds is 1. The Bertz CT molecular complexity index is 851. The van der Waals surface area contributed by atoms with Crippen molar-refractivity contribution in [1.82, 2.24) is 4.68 Å². The Morgan fingerprint density at radius 1 is 0.952 bits per heavy atom. The molecule has 4 rings (SSSR count). The summed E-state index contributed by atoms with van der Waals surface area (Å²) < 4.78 is 1.59. The first-order chi connectivity index (χ1) is 10.3. The van der Waals surface area contributed by atoms with Gasteiger partial charge in [-0.3, -0.25) is 4.79 Å². The van der Waals surface area contributed by atoms with E-state index in [1.54, 1.807) is 15.8 Å². The molecule has 104 valence electrons. The third-order valence-electron chi connectivity index (χ3n) is 3.93. The highest BCUT2D eigenvalue weighted by molar-refractivity contribution is 5.98. The minimum absolute atomic E-state index is 0.00893. The number of nitrogens with zero attached hydrogens (tertiary/aromatic N) is 2. The van der Waals surface area contributed by atoms with Crippen LogP contribution in [0.25, 0.3) is 10.9 Å². The van der Waals surface area contributed by atoms with Gasteiger partial charge in [0.2, 0.25) is 11.8 Å². The molecule has 21 heavy (non-hydrogen) atoms. The average molecular weight is 278 g/mol. The van der Waals surface area contributed by atoms with Gasteiger partial charge in [0.25, 0.3) is 0 Å². The molecule has 4 heteroatoms. The van der Waals surface area contributed by atoms with Crippen LogP contribution >= 0.6 is 0 Å². The van der Waals surface area contributed by atoms with Crippen LogP contribution in [-0.2, 0) is 11.2 Å². The van der Waals surface area contributed by atoms with Crippen LogP contribution in [0, 0.1) is 0 Å². The van der Waals surface area contributed by atoms with Gasteiger partial charge in [-0.05, 0) is 24.1 Å². The second kappa shape index (κ2) is 4.38. The number of anilines is 1. The van der Waals surface area contributed by atoms with Crippen LogP contribution in [0.1, 0.15) is 12.0 Å². The average Bonchev–Trinajstić information content (AvgIpc) is 2.83. The highest BCUT2D eigenvalue weighted by Gasteiger charge is 2.27. The van der Waals surface area contributed by atoms with Gasteiger partial charge >= 0.3 is 0 Å². The molecular weight excluding hydrogens is 264 g/mol. The topological polar surface area (TPSA) is 45.5 Å². The Balaban J connectivity index is 2.00. The van der Waals surface area contributed by atoms with Crippen molar-refractivity contribution >= 4 is 22.5 Å². The number of fused-ring (bicyclic) bond motifs is 2. The number of hydrogen-bond donors (Lipinski definition) is 1.